The van der Waals surface area contributed by atoms with Crippen LogP contribution in [0.5, 0.6) is 0 Å². The molecule has 0 fully saturated rings. The number of benzene rings is 6. The van der Waals surface area contributed by atoms with E-state index in [9.17, 15) is 0 Å². The van der Waals surface area contributed by atoms with Crippen LogP contribution in [-0.4, -0.2) is 23.9 Å². The first kappa shape index (κ1) is 26.1. The molecule has 0 aliphatic carbocycles. The van der Waals surface area contributed by atoms with E-state index in [0.29, 0.717) is 5.82 Å². The average Bonchev–Trinajstić information content (AvgIpc) is 3.67. The van der Waals surface area contributed by atoms with Crippen LogP contribution in [0.4, 0.5) is 0 Å². The van der Waals surface area contributed by atoms with Gasteiger partial charge in [0, 0.05) is 17.2 Å². The summed E-state index contributed by atoms with van der Waals surface area (Å²) in [6.45, 7) is 0. The van der Waals surface area contributed by atoms with Gasteiger partial charge in [-0.05, 0) is 46.5 Å². The molecule has 5 nitrogen and oxygen atoms in total. The van der Waals surface area contributed by atoms with Gasteiger partial charge in [0.25, 0.3) is 0 Å². The van der Waals surface area contributed by atoms with Crippen molar-refractivity contribution in [3.05, 3.63) is 164 Å². The number of imidazole rings is 2. The van der Waals surface area contributed by atoms with Crippen molar-refractivity contribution >= 4 is 27.8 Å². The summed E-state index contributed by atoms with van der Waals surface area (Å²) in [5, 5.41) is 0. The normalized spacial score (nSPS) is 11.5. The highest BCUT2D eigenvalue weighted by atomic mass is 15.2. The van der Waals surface area contributed by atoms with Gasteiger partial charge in [-0.2, -0.15) is 0 Å². The molecule has 5 heteroatoms. The van der Waals surface area contributed by atoms with E-state index in [-0.39, 0.29) is 0 Å². The first-order valence-electron chi connectivity index (χ1n) is 15.4. The number of fused-ring (bicyclic) bond motifs is 5. The highest BCUT2D eigenvalue weighted by molar-refractivity contribution is 5.95. The third-order valence-corrected chi connectivity index (χ3v) is 8.57. The first-order valence-corrected chi connectivity index (χ1v) is 15.4. The second kappa shape index (κ2) is 10.7. The summed E-state index contributed by atoms with van der Waals surface area (Å²) < 4.78 is 4.43. The molecule has 0 saturated carbocycles. The van der Waals surface area contributed by atoms with E-state index in [0.717, 1.165) is 56.0 Å². The Kier molecular flexibility index (Phi) is 6.06. The van der Waals surface area contributed by atoms with Crippen LogP contribution >= 0.6 is 0 Å². The van der Waals surface area contributed by atoms with Crippen molar-refractivity contribution in [3.8, 4) is 50.7 Å². The van der Waals surface area contributed by atoms with Crippen molar-refractivity contribution in [1.29, 1.82) is 0 Å². The van der Waals surface area contributed by atoms with Gasteiger partial charge in [-0.15, -0.1) is 0 Å². The summed E-state index contributed by atoms with van der Waals surface area (Å²) in [4.78, 5) is 15.4. The third-order valence-electron chi connectivity index (χ3n) is 8.57. The molecule has 3 heterocycles. The van der Waals surface area contributed by atoms with E-state index in [1.165, 1.54) is 16.7 Å². The molecule has 6 aromatic carbocycles. The molecule has 0 amide bonds. The van der Waals surface area contributed by atoms with Gasteiger partial charge >= 0.3 is 0 Å². The summed E-state index contributed by atoms with van der Waals surface area (Å²) in [5.74, 6) is 2.24. The lowest BCUT2D eigenvalue weighted by Gasteiger charge is -2.12. The molecule has 0 spiro atoms. The monoisotopic (exact) mass is 589 g/mol. The van der Waals surface area contributed by atoms with Gasteiger partial charge < -0.3 is 0 Å². The van der Waals surface area contributed by atoms with E-state index in [2.05, 4.69) is 130 Å². The summed E-state index contributed by atoms with van der Waals surface area (Å²) in [6.07, 6.45) is 0. The molecule has 0 radical (unpaired) electrons. The van der Waals surface area contributed by atoms with Gasteiger partial charge in [0.15, 0.2) is 5.82 Å². The molecule has 0 aliphatic rings. The highest BCUT2D eigenvalue weighted by Crippen LogP contribution is 2.37. The predicted octanol–water partition coefficient (Wildman–Crippen LogP) is 9.89. The van der Waals surface area contributed by atoms with Crippen LogP contribution in [0.2, 0.25) is 0 Å². The van der Waals surface area contributed by atoms with E-state index < -0.39 is 0 Å². The molecule has 0 saturated heterocycles. The Labute approximate surface area is 265 Å². The molecule has 9 aromatic rings. The Morgan fingerprint density at radius 2 is 1.00 bits per heavy atom. The van der Waals surface area contributed by atoms with Crippen molar-refractivity contribution in [2.45, 2.75) is 0 Å². The molecule has 0 bridgehead atoms. The van der Waals surface area contributed by atoms with Gasteiger partial charge in [-0.25, -0.2) is 15.0 Å². The lowest BCUT2D eigenvalue weighted by atomic mass is 9.94. The zero-order valence-corrected chi connectivity index (χ0v) is 24.8. The topological polar surface area (TPSA) is 48.0 Å². The zero-order valence-electron chi connectivity index (χ0n) is 24.8. The van der Waals surface area contributed by atoms with Crippen molar-refractivity contribution < 1.29 is 0 Å². The average molecular weight is 590 g/mol. The summed E-state index contributed by atoms with van der Waals surface area (Å²) in [5.41, 5.74) is 11.6. The largest absolute Gasteiger partial charge is 0.276 e. The maximum atomic E-state index is 5.17. The SMILES string of the molecule is c1ccc(-c2cc(-n3c4ccc(-c5ccccc5-c5ccccc5)cc4n4c5ccccc5nc34)nc(-c3ccccc3)n2)cc1. The van der Waals surface area contributed by atoms with Crippen molar-refractivity contribution in [2.75, 3.05) is 0 Å². The Balaban J connectivity index is 1.34. The lowest BCUT2D eigenvalue weighted by molar-refractivity contribution is 1.02. The van der Waals surface area contributed by atoms with Gasteiger partial charge in [0.2, 0.25) is 5.78 Å². The minimum atomic E-state index is 0.668. The number of aromatic nitrogens is 5. The minimum Gasteiger partial charge on any atom is -0.276 e. The summed E-state index contributed by atoms with van der Waals surface area (Å²) >= 11 is 0. The number of para-hydroxylation sites is 2. The molecule has 0 atom stereocenters. The molecule has 9 rings (SSSR count). The minimum absolute atomic E-state index is 0.668. The number of hydrogen-bond donors (Lipinski definition) is 0. The standard InChI is InChI=1S/C41H27N5/c1-4-14-28(15-5-1)32-20-10-11-21-33(32)31-24-25-37-38(26-31)45-36-23-13-12-22-34(36)43-41(45)46(37)39-27-35(29-16-6-2-7-17-29)42-40(44-39)30-18-8-3-9-19-30/h1-27H. The molecule has 3 aromatic heterocycles. The van der Waals surface area contributed by atoms with Crippen LogP contribution in [-0.2, 0) is 0 Å². The van der Waals surface area contributed by atoms with Crippen LogP contribution in [0, 0.1) is 0 Å². The number of nitrogens with zero attached hydrogens (tertiary/aromatic N) is 5. The van der Waals surface area contributed by atoms with Gasteiger partial charge in [0.1, 0.15) is 5.82 Å². The van der Waals surface area contributed by atoms with Crippen LogP contribution in [0.1, 0.15) is 0 Å². The fraction of sp³-hybridized carbons (Fsp3) is 0. The molecule has 0 unspecified atom stereocenters. The van der Waals surface area contributed by atoms with E-state index in [1.54, 1.807) is 0 Å². The van der Waals surface area contributed by atoms with Crippen molar-refractivity contribution in [3.63, 3.8) is 0 Å². The van der Waals surface area contributed by atoms with Gasteiger partial charge in [-0.1, -0.05) is 133 Å². The quantitative estimate of drug-likeness (QED) is 0.201. The Bertz CT molecular complexity index is 2460. The Hall–Kier alpha value is -6.33. The molecule has 0 N–H and O–H groups in total. The zero-order chi connectivity index (χ0) is 30.5. The molecule has 46 heavy (non-hydrogen) atoms. The van der Waals surface area contributed by atoms with Gasteiger partial charge in [0.05, 0.1) is 27.8 Å². The van der Waals surface area contributed by atoms with Crippen LogP contribution in [0.15, 0.2) is 164 Å². The fourth-order valence-electron chi connectivity index (χ4n) is 6.42. The first-order chi connectivity index (χ1) is 22.8. The molecule has 216 valence electrons. The van der Waals surface area contributed by atoms with Gasteiger partial charge in [-0.3, -0.25) is 8.97 Å². The second-order valence-corrected chi connectivity index (χ2v) is 11.4. The van der Waals surface area contributed by atoms with Crippen LogP contribution in [0.3, 0.4) is 0 Å². The summed E-state index contributed by atoms with van der Waals surface area (Å²) in [7, 11) is 0. The lowest BCUT2D eigenvalue weighted by Crippen LogP contribution is -2.03. The number of hydrogen-bond acceptors (Lipinski definition) is 3. The fourth-order valence-corrected chi connectivity index (χ4v) is 6.42. The second-order valence-electron chi connectivity index (χ2n) is 11.4. The molecule has 0 aliphatic heterocycles. The van der Waals surface area contributed by atoms with E-state index >= 15 is 0 Å². The maximum absolute atomic E-state index is 5.17. The Morgan fingerprint density at radius 1 is 0.391 bits per heavy atom. The number of rotatable bonds is 5. The summed E-state index contributed by atoms with van der Waals surface area (Å²) in [6, 6.07) is 56.7. The maximum Gasteiger partial charge on any atom is 0.221 e. The Morgan fingerprint density at radius 3 is 1.74 bits per heavy atom. The highest BCUT2D eigenvalue weighted by Gasteiger charge is 2.21. The predicted molar refractivity (Wildman–Crippen MR) is 187 cm³/mol. The smallest absolute Gasteiger partial charge is 0.221 e. The third kappa shape index (κ3) is 4.29. The van der Waals surface area contributed by atoms with Crippen molar-refractivity contribution in [1.82, 2.24) is 23.9 Å². The molecular formula is C41H27N5. The van der Waals surface area contributed by atoms with E-state index in [1.807, 2.05) is 42.5 Å². The van der Waals surface area contributed by atoms with E-state index in [4.69, 9.17) is 15.0 Å². The van der Waals surface area contributed by atoms with Crippen molar-refractivity contribution in [2.24, 2.45) is 0 Å². The van der Waals surface area contributed by atoms with Crippen LogP contribution in [0.25, 0.3) is 78.6 Å². The van der Waals surface area contributed by atoms with Crippen LogP contribution < -0.4 is 0 Å². The molecular weight excluding hydrogens is 562 g/mol.